The van der Waals surface area contributed by atoms with Crippen molar-refractivity contribution in [2.45, 2.75) is 88.5 Å². The molecule has 0 saturated carbocycles. The summed E-state index contributed by atoms with van der Waals surface area (Å²) in [5.74, 6) is 0. The molecule has 0 atom stereocenters. The van der Waals surface area contributed by atoms with Crippen LogP contribution in [0.25, 0.3) is 43.4 Å². The Kier molecular flexibility index (Phi) is 9.92. The number of benzene rings is 9. The molecular formula is C63H62N2. The Morgan fingerprint density at radius 1 is 0.369 bits per heavy atom. The van der Waals surface area contributed by atoms with Gasteiger partial charge < -0.3 is 9.80 Å². The SMILES string of the molecule is Cc1cc(C)cc(N(c2ccc3cc4c(cc3c2)C(C(C)(C)C)(C(C)(C)C)c2c-4c3ccccc3c3cc(N(c4cc(C)cc(C)c4)c4ccccc4C)ccc23)c2ccccc2C)c1. The van der Waals surface area contributed by atoms with E-state index < -0.39 is 0 Å². The number of fused-ring (bicyclic) bond motifs is 9. The molecule has 0 saturated heterocycles. The Balaban J connectivity index is 1.27. The second kappa shape index (κ2) is 15.2. The number of nitrogens with zero attached hydrogens (tertiary/aromatic N) is 2. The van der Waals surface area contributed by atoms with Gasteiger partial charge in [-0.05, 0) is 213 Å². The number of rotatable bonds is 6. The van der Waals surface area contributed by atoms with Gasteiger partial charge in [0.05, 0.1) is 0 Å². The fourth-order valence-electron chi connectivity index (χ4n) is 12.4. The Morgan fingerprint density at radius 3 is 1.37 bits per heavy atom. The van der Waals surface area contributed by atoms with E-state index in [4.69, 9.17) is 0 Å². The van der Waals surface area contributed by atoms with Crippen LogP contribution in [-0.2, 0) is 5.41 Å². The molecule has 0 amide bonds. The average Bonchev–Trinajstić information content (AvgIpc) is 3.56. The monoisotopic (exact) mass is 846 g/mol. The molecule has 0 heterocycles. The van der Waals surface area contributed by atoms with Gasteiger partial charge in [0.2, 0.25) is 0 Å². The van der Waals surface area contributed by atoms with Gasteiger partial charge in [0, 0.05) is 39.5 Å². The third-order valence-corrected chi connectivity index (χ3v) is 14.4. The highest BCUT2D eigenvalue weighted by atomic mass is 15.1. The van der Waals surface area contributed by atoms with E-state index in [0.29, 0.717) is 0 Å². The highest BCUT2D eigenvalue weighted by Gasteiger charge is 2.58. The molecule has 1 aliphatic rings. The highest BCUT2D eigenvalue weighted by Crippen LogP contribution is 2.68. The van der Waals surface area contributed by atoms with E-state index >= 15 is 0 Å². The van der Waals surface area contributed by atoms with Gasteiger partial charge in [-0.1, -0.05) is 126 Å². The van der Waals surface area contributed by atoms with Gasteiger partial charge in [0.1, 0.15) is 0 Å². The smallest absolute Gasteiger partial charge is 0.0490 e. The first-order valence-corrected chi connectivity index (χ1v) is 23.4. The molecule has 9 aromatic rings. The zero-order valence-corrected chi connectivity index (χ0v) is 40.4. The molecule has 0 unspecified atom stereocenters. The minimum Gasteiger partial charge on any atom is -0.310 e. The summed E-state index contributed by atoms with van der Waals surface area (Å²) in [7, 11) is 0. The van der Waals surface area contributed by atoms with Crippen LogP contribution in [0.15, 0.2) is 158 Å². The first kappa shape index (κ1) is 42.3. The Labute approximate surface area is 387 Å². The van der Waals surface area contributed by atoms with Crippen molar-refractivity contribution in [3.8, 4) is 11.1 Å². The van der Waals surface area contributed by atoms with Crippen molar-refractivity contribution >= 4 is 66.4 Å². The Hall–Kier alpha value is -6.64. The van der Waals surface area contributed by atoms with E-state index in [1.807, 2.05) is 0 Å². The molecule has 2 nitrogen and oxygen atoms in total. The standard InChI is InChI=1S/C63H62N2/c1-39-29-40(2)32-49(31-39)64(57-23-17-13-19-43(57)5)47-26-25-45-36-55-56(37-46(45)35-47)63(61(7,8)9,62(10,11)12)60-53-28-27-48(38-54(53)51-21-15-16-22-52(51)59(55)60)65(58-24-18-14-20-44(58)6)50-33-41(3)30-42(4)34-50/h13-38H,1-12H3. The lowest BCUT2D eigenvalue weighted by Crippen LogP contribution is -2.50. The van der Waals surface area contributed by atoms with Gasteiger partial charge >= 0.3 is 0 Å². The molecule has 324 valence electrons. The van der Waals surface area contributed by atoms with Crippen molar-refractivity contribution in [1.29, 1.82) is 0 Å². The zero-order chi connectivity index (χ0) is 45.7. The summed E-state index contributed by atoms with van der Waals surface area (Å²) < 4.78 is 0. The van der Waals surface area contributed by atoms with E-state index in [2.05, 4.69) is 251 Å². The summed E-state index contributed by atoms with van der Waals surface area (Å²) in [6, 6.07) is 60.1. The largest absolute Gasteiger partial charge is 0.310 e. The maximum atomic E-state index is 2.58. The molecule has 10 rings (SSSR count). The molecule has 9 aromatic carbocycles. The summed E-state index contributed by atoms with van der Waals surface area (Å²) in [6.45, 7) is 28.1. The second-order valence-corrected chi connectivity index (χ2v) is 21.1. The summed E-state index contributed by atoms with van der Waals surface area (Å²) in [4.78, 5) is 4.92. The van der Waals surface area contributed by atoms with E-state index in [-0.39, 0.29) is 16.2 Å². The first-order chi connectivity index (χ1) is 31.0. The molecule has 0 spiro atoms. The lowest BCUT2D eigenvalue weighted by Gasteiger charge is -2.53. The Morgan fingerprint density at radius 2 is 0.846 bits per heavy atom. The highest BCUT2D eigenvalue weighted by molar-refractivity contribution is 6.20. The number of anilines is 6. The van der Waals surface area contributed by atoms with Crippen LogP contribution in [0.4, 0.5) is 34.1 Å². The van der Waals surface area contributed by atoms with Crippen LogP contribution >= 0.6 is 0 Å². The summed E-state index contributed by atoms with van der Waals surface area (Å²) in [6.07, 6.45) is 0. The number of hydrogen-bond acceptors (Lipinski definition) is 2. The van der Waals surface area contributed by atoms with Crippen molar-refractivity contribution in [3.63, 3.8) is 0 Å². The van der Waals surface area contributed by atoms with Gasteiger partial charge in [-0.2, -0.15) is 0 Å². The van der Waals surface area contributed by atoms with E-state index in [1.54, 1.807) is 0 Å². The molecule has 1 aliphatic carbocycles. The lowest BCUT2D eigenvalue weighted by atomic mass is 9.49. The van der Waals surface area contributed by atoms with Crippen LogP contribution in [0.3, 0.4) is 0 Å². The van der Waals surface area contributed by atoms with Crippen molar-refractivity contribution in [2.24, 2.45) is 10.8 Å². The summed E-state index contributed by atoms with van der Waals surface area (Å²) >= 11 is 0. The lowest BCUT2D eigenvalue weighted by molar-refractivity contribution is 0.0965. The molecule has 0 aromatic heterocycles. The maximum absolute atomic E-state index is 2.58. The minimum absolute atomic E-state index is 0.164. The third kappa shape index (κ3) is 6.67. The minimum atomic E-state index is -0.356. The molecule has 0 bridgehead atoms. The molecule has 0 fully saturated rings. The van der Waals surface area contributed by atoms with Gasteiger partial charge in [-0.25, -0.2) is 0 Å². The third-order valence-electron chi connectivity index (χ3n) is 14.4. The molecule has 0 radical (unpaired) electrons. The maximum Gasteiger partial charge on any atom is 0.0490 e. The quantitative estimate of drug-likeness (QED) is 0.154. The molecule has 65 heavy (non-hydrogen) atoms. The summed E-state index contributed by atoms with van der Waals surface area (Å²) in [5, 5.41) is 7.74. The number of aryl methyl sites for hydroxylation is 6. The van der Waals surface area contributed by atoms with Crippen molar-refractivity contribution < 1.29 is 0 Å². The van der Waals surface area contributed by atoms with Crippen LogP contribution in [-0.4, -0.2) is 0 Å². The van der Waals surface area contributed by atoms with Gasteiger partial charge in [0.15, 0.2) is 0 Å². The molecule has 0 aliphatic heterocycles. The van der Waals surface area contributed by atoms with Crippen LogP contribution in [0, 0.1) is 52.4 Å². The van der Waals surface area contributed by atoms with Gasteiger partial charge in [-0.15, -0.1) is 0 Å². The first-order valence-electron chi connectivity index (χ1n) is 23.4. The van der Waals surface area contributed by atoms with E-state index in [0.717, 1.165) is 11.4 Å². The van der Waals surface area contributed by atoms with Crippen molar-refractivity contribution in [3.05, 3.63) is 202 Å². The second-order valence-electron chi connectivity index (χ2n) is 21.1. The average molecular weight is 847 g/mol. The predicted octanol–water partition coefficient (Wildman–Crippen LogP) is 18.3. The van der Waals surface area contributed by atoms with Crippen molar-refractivity contribution in [2.75, 3.05) is 9.80 Å². The van der Waals surface area contributed by atoms with Crippen LogP contribution in [0.1, 0.15) is 86.1 Å². The molecule has 0 N–H and O–H groups in total. The topological polar surface area (TPSA) is 6.48 Å². The summed E-state index contributed by atoms with van der Waals surface area (Å²) in [5.41, 5.74) is 19.5. The van der Waals surface area contributed by atoms with Crippen LogP contribution < -0.4 is 9.80 Å². The van der Waals surface area contributed by atoms with Crippen LogP contribution in [0.5, 0.6) is 0 Å². The van der Waals surface area contributed by atoms with E-state index in [9.17, 15) is 0 Å². The molecule has 2 heteroatoms. The number of hydrogen-bond donors (Lipinski definition) is 0. The van der Waals surface area contributed by atoms with Gasteiger partial charge in [0.25, 0.3) is 0 Å². The Bertz CT molecular complexity index is 3320. The van der Waals surface area contributed by atoms with E-state index in [1.165, 1.54) is 111 Å². The number of para-hydroxylation sites is 2. The molecular weight excluding hydrogens is 785 g/mol. The predicted molar refractivity (Wildman–Crippen MR) is 282 cm³/mol. The van der Waals surface area contributed by atoms with Gasteiger partial charge in [-0.3, -0.25) is 0 Å². The van der Waals surface area contributed by atoms with Crippen LogP contribution in [0.2, 0.25) is 0 Å². The zero-order valence-electron chi connectivity index (χ0n) is 40.4. The fourth-order valence-corrected chi connectivity index (χ4v) is 12.4. The fraction of sp³-hybridized carbons (Fsp3) is 0.238. The normalized spacial score (nSPS) is 13.4. The van der Waals surface area contributed by atoms with Crippen molar-refractivity contribution in [1.82, 2.24) is 0 Å².